The molecule has 2 heteroatoms. The van der Waals surface area contributed by atoms with Crippen LogP contribution in [-0.2, 0) is 0 Å². The van der Waals surface area contributed by atoms with Gasteiger partial charge in [0.1, 0.15) is 0 Å². The smallest absolute Gasteiger partial charge is 0.0579 e. The van der Waals surface area contributed by atoms with E-state index in [-0.39, 0.29) is 0 Å². The van der Waals surface area contributed by atoms with Crippen molar-refractivity contribution < 1.29 is 0 Å². The normalized spacial score (nSPS) is 21.1. The lowest BCUT2D eigenvalue weighted by Gasteiger charge is -2.24. The van der Waals surface area contributed by atoms with Crippen LogP contribution < -0.4 is 5.32 Å². The van der Waals surface area contributed by atoms with E-state index in [4.69, 9.17) is 0 Å². The van der Waals surface area contributed by atoms with Gasteiger partial charge in [0.2, 0.25) is 0 Å². The molecule has 1 fully saturated rings. The average molecular weight is 235 g/mol. The molecule has 1 aromatic carbocycles. The van der Waals surface area contributed by atoms with E-state index < -0.39 is 0 Å². The minimum atomic E-state index is 0.619. The number of aryl methyl sites for hydroxylation is 3. The van der Waals surface area contributed by atoms with Gasteiger partial charge in [-0.2, -0.15) is 0 Å². The van der Waals surface area contributed by atoms with E-state index in [1.807, 2.05) is 11.8 Å². The summed E-state index contributed by atoms with van der Waals surface area (Å²) in [6, 6.07) is 4.58. The summed E-state index contributed by atoms with van der Waals surface area (Å²) in [6.45, 7) is 7.81. The maximum absolute atomic E-state index is 3.60. The van der Waals surface area contributed by atoms with Gasteiger partial charge >= 0.3 is 0 Å². The molecule has 0 radical (unpaired) electrons. The summed E-state index contributed by atoms with van der Waals surface area (Å²) in [4.78, 5) is 1.48. The van der Waals surface area contributed by atoms with E-state index in [1.165, 1.54) is 47.4 Å². The van der Waals surface area contributed by atoms with E-state index >= 15 is 0 Å². The second kappa shape index (κ2) is 5.24. The lowest BCUT2D eigenvalue weighted by Crippen LogP contribution is -2.31. The number of rotatable bonds is 2. The zero-order valence-corrected chi connectivity index (χ0v) is 11.3. The molecule has 88 valence electrons. The molecule has 1 N–H and O–H groups in total. The Morgan fingerprint density at radius 1 is 1.12 bits per heavy atom. The van der Waals surface area contributed by atoms with Gasteiger partial charge < -0.3 is 5.32 Å². The fourth-order valence-electron chi connectivity index (χ4n) is 2.42. The van der Waals surface area contributed by atoms with Gasteiger partial charge in [0, 0.05) is 4.90 Å². The quantitative estimate of drug-likeness (QED) is 0.836. The number of piperidine rings is 1. The summed E-state index contributed by atoms with van der Waals surface area (Å²) >= 11 is 2.02. The fraction of sp³-hybridized carbons (Fsp3) is 0.571. The van der Waals surface area contributed by atoms with Crippen molar-refractivity contribution in [2.24, 2.45) is 0 Å². The van der Waals surface area contributed by atoms with E-state index in [1.54, 1.807) is 0 Å². The van der Waals surface area contributed by atoms with Crippen molar-refractivity contribution in [1.82, 2.24) is 5.32 Å². The van der Waals surface area contributed by atoms with Gasteiger partial charge in [-0.15, -0.1) is 11.8 Å². The topological polar surface area (TPSA) is 12.0 Å². The Morgan fingerprint density at radius 3 is 2.38 bits per heavy atom. The summed E-state index contributed by atoms with van der Waals surface area (Å²) in [5.41, 5.74) is 4.22. The van der Waals surface area contributed by atoms with E-state index in [9.17, 15) is 0 Å². The van der Waals surface area contributed by atoms with E-state index in [0.717, 1.165) is 0 Å². The summed E-state index contributed by atoms with van der Waals surface area (Å²) in [6.07, 6.45) is 4.01. The van der Waals surface area contributed by atoms with Crippen LogP contribution >= 0.6 is 11.8 Å². The molecule has 0 aromatic heterocycles. The third-order valence-electron chi connectivity index (χ3n) is 3.13. The molecule has 0 bridgehead atoms. The minimum Gasteiger partial charge on any atom is -0.305 e. The third-order valence-corrected chi connectivity index (χ3v) is 4.70. The maximum atomic E-state index is 3.60. The van der Waals surface area contributed by atoms with Crippen LogP contribution in [0, 0.1) is 20.8 Å². The number of thioether (sulfide) groups is 1. The molecule has 1 aliphatic rings. The molecule has 1 nitrogen and oxygen atoms in total. The molecular weight excluding hydrogens is 214 g/mol. The predicted octanol–water partition coefficient (Wildman–Crippen LogP) is 3.80. The highest BCUT2D eigenvalue weighted by atomic mass is 32.2. The summed E-state index contributed by atoms with van der Waals surface area (Å²) in [5.74, 6) is 0. The highest BCUT2D eigenvalue weighted by Crippen LogP contribution is 2.32. The van der Waals surface area contributed by atoms with Gasteiger partial charge in [-0.25, -0.2) is 0 Å². The van der Waals surface area contributed by atoms with Crippen LogP contribution in [0.25, 0.3) is 0 Å². The first kappa shape index (κ1) is 12.0. The van der Waals surface area contributed by atoms with Gasteiger partial charge in [0.25, 0.3) is 0 Å². The molecule has 0 saturated carbocycles. The molecule has 1 heterocycles. The molecule has 1 unspecified atom stereocenters. The summed E-state index contributed by atoms with van der Waals surface area (Å²) in [7, 11) is 0. The second-order valence-corrected chi connectivity index (χ2v) is 6.00. The van der Waals surface area contributed by atoms with Gasteiger partial charge in [-0.3, -0.25) is 0 Å². The van der Waals surface area contributed by atoms with Crippen LogP contribution in [0.4, 0.5) is 0 Å². The first-order valence-electron chi connectivity index (χ1n) is 6.15. The van der Waals surface area contributed by atoms with E-state index in [0.29, 0.717) is 5.37 Å². The van der Waals surface area contributed by atoms with Gasteiger partial charge in [-0.05, 0) is 57.7 Å². The van der Waals surface area contributed by atoms with Crippen molar-refractivity contribution in [3.05, 3.63) is 28.8 Å². The van der Waals surface area contributed by atoms with Gasteiger partial charge in [-0.1, -0.05) is 17.7 Å². The molecule has 1 aromatic rings. The molecule has 1 aliphatic heterocycles. The molecule has 0 aliphatic carbocycles. The Morgan fingerprint density at radius 2 is 1.81 bits per heavy atom. The summed E-state index contributed by atoms with van der Waals surface area (Å²) < 4.78 is 0. The Balaban J connectivity index is 2.14. The highest BCUT2D eigenvalue weighted by molar-refractivity contribution is 8.00. The van der Waals surface area contributed by atoms with Crippen molar-refractivity contribution >= 4 is 11.8 Å². The minimum absolute atomic E-state index is 0.619. The molecule has 1 saturated heterocycles. The first-order valence-corrected chi connectivity index (χ1v) is 7.02. The molecule has 2 rings (SSSR count). The second-order valence-electron chi connectivity index (χ2n) is 4.78. The SMILES string of the molecule is Cc1cc(C)c(SC2CCCCN2)c(C)c1. The van der Waals surface area contributed by atoms with Crippen molar-refractivity contribution in [1.29, 1.82) is 0 Å². The van der Waals surface area contributed by atoms with Crippen LogP contribution in [-0.4, -0.2) is 11.9 Å². The van der Waals surface area contributed by atoms with Crippen LogP contribution in [0.1, 0.15) is 36.0 Å². The Kier molecular flexibility index (Phi) is 3.93. The molecular formula is C14H21NS. The Bertz CT molecular complexity index is 344. The first-order chi connectivity index (χ1) is 7.66. The number of nitrogens with one attached hydrogen (secondary N) is 1. The van der Waals surface area contributed by atoms with Crippen molar-refractivity contribution in [3.63, 3.8) is 0 Å². The van der Waals surface area contributed by atoms with Crippen LogP contribution in [0.15, 0.2) is 17.0 Å². The lowest BCUT2D eigenvalue weighted by molar-refractivity contribution is 0.491. The third kappa shape index (κ3) is 2.80. The highest BCUT2D eigenvalue weighted by Gasteiger charge is 2.15. The largest absolute Gasteiger partial charge is 0.305 e. The van der Waals surface area contributed by atoms with E-state index in [2.05, 4.69) is 38.2 Å². The molecule has 1 atom stereocenters. The number of benzene rings is 1. The van der Waals surface area contributed by atoms with Crippen LogP contribution in [0.3, 0.4) is 0 Å². The Labute approximate surface area is 103 Å². The lowest BCUT2D eigenvalue weighted by atomic mass is 10.1. The fourth-order valence-corrected chi connectivity index (χ4v) is 3.68. The molecule has 0 spiro atoms. The van der Waals surface area contributed by atoms with Crippen LogP contribution in [0.5, 0.6) is 0 Å². The van der Waals surface area contributed by atoms with Crippen molar-refractivity contribution in [2.75, 3.05) is 6.54 Å². The number of hydrogen-bond donors (Lipinski definition) is 1. The van der Waals surface area contributed by atoms with Gasteiger partial charge in [0.15, 0.2) is 0 Å². The van der Waals surface area contributed by atoms with Gasteiger partial charge in [0.05, 0.1) is 5.37 Å². The average Bonchev–Trinajstić information content (AvgIpc) is 2.25. The zero-order chi connectivity index (χ0) is 11.5. The van der Waals surface area contributed by atoms with Crippen molar-refractivity contribution in [3.8, 4) is 0 Å². The molecule has 0 amide bonds. The zero-order valence-electron chi connectivity index (χ0n) is 10.5. The molecule has 16 heavy (non-hydrogen) atoms. The Hall–Kier alpha value is -0.470. The van der Waals surface area contributed by atoms with Crippen molar-refractivity contribution in [2.45, 2.75) is 50.3 Å². The van der Waals surface area contributed by atoms with Crippen LogP contribution in [0.2, 0.25) is 0 Å². The standard InChI is InChI=1S/C14H21NS/c1-10-8-11(2)14(12(3)9-10)16-13-6-4-5-7-15-13/h8-9,13,15H,4-7H2,1-3H3. The summed E-state index contributed by atoms with van der Waals surface area (Å²) in [5, 5.41) is 4.22. The monoisotopic (exact) mass is 235 g/mol. The predicted molar refractivity (Wildman–Crippen MR) is 72.2 cm³/mol. The number of hydrogen-bond acceptors (Lipinski definition) is 2. The maximum Gasteiger partial charge on any atom is 0.0579 e.